The van der Waals surface area contributed by atoms with Gasteiger partial charge < -0.3 is 9.67 Å². The van der Waals surface area contributed by atoms with Crippen LogP contribution in [0.25, 0.3) is 16.5 Å². The second-order valence-corrected chi connectivity index (χ2v) is 4.99. The lowest BCUT2D eigenvalue weighted by Gasteiger charge is -2.07. The number of aromatic nitrogens is 1. The molecule has 3 nitrogen and oxygen atoms in total. The van der Waals surface area contributed by atoms with Crippen molar-refractivity contribution in [3.63, 3.8) is 0 Å². The van der Waals surface area contributed by atoms with E-state index in [2.05, 4.69) is 23.3 Å². The van der Waals surface area contributed by atoms with Crippen LogP contribution in [0.1, 0.15) is 11.1 Å². The summed E-state index contributed by atoms with van der Waals surface area (Å²) in [7, 11) is 0. The van der Waals surface area contributed by atoms with Crippen LogP contribution in [0.4, 0.5) is 0 Å². The number of carboxylic acids is 1. The van der Waals surface area contributed by atoms with Crippen LogP contribution >= 0.6 is 0 Å². The maximum atomic E-state index is 11.0. The molecular weight excluding hydrogens is 262 g/mol. The van der Waals surface area contributed by atoms with Gasteiger partial charge in [0.25, 0.3) is 0 Å². The molecule has 3 aromatic rings. The first-order valence-electron chi connectivity index (χ1n) is 6.70. The summed E-state index contributed by atoms with van der Waals surface area (Å²) in [6.07, 6.45) is 2.02. The molecule has 0 radical (unpaired) electrons. The van der Waals surface area contributed by atoms with Crippen LogP contribution in [0.3, 0.4) is 0 Å². The van der Waals surface area contributed by atoms with E-state index in [1.54, 1.807) is 6.07 Å². The van der Waals surface area contributed by atoms with Crippen LogP contribution in [0.2, 0.25) is 0 Å². The number of aliphatic carboxylic acids is 1. The van der Waals surface area contributed by atoms with Gasteiger partial charge in [-0.3, -0.25) is 0 Å². The van der Waals surface area contributed by atoms with E-state index in [-0.39, 0.29) is 5.57 Å². The highest BCUT2D eigenvalue weighted by Crippen LogP contribution is 2.22. The minimum Gasteiger partial charge on any atom is -0.478 e. The number of fused-ring (bicyclic) bond motifs is 1. The zero-order chi connectivity index (χ0) is 14.8. The Morgan fingerprint density at radius 3 is 2.57 bits per heavy atom. The predicted octanol–water partition coefficient (Wildman–Crippen LogP) is 3.79. The molecule has 104 valence electrons. The zero-order valence-corrected chi connectivity index (χ0v) is 11.5. The molecule has 0 aliphatic carbocycles. The molecule has 0 spiro atoms. The third kappa shape index (κ3) is 2.58. The predicted molar refractivity (Wildman–Crippen MR) is 84.2 cm³/mol. The Morgan fingerprint density at radius 2 is 1.86 bits per heavy atom. The van der Waals surface area contributed by atoms with Gasteiger partial charge in [0.05, 0.1) is 5.57 Å². The van der Waals surface area contributed by atoms with Gasteiger partial charge in [0.15, 0.2) is 0 Å². The lowest BCUT2D eigenvalue weighted by molar-refractivity contribution is -0.130. The van der Waals surface area contributed by atoms with E-state index in [1.807, 2.05) is 42.6 Å². The van der Waals surface area contributed by atoms with Gasteiger partial charge >= 0.3 is 5.97 Å². The molecule has 1 N–H and O–H groups in total. The van der Waals surface area contributed by atoms with Gasteiger partial charge in [-0.15, -0.1) is 0 Å². The Hall–Kier alpha value is -2.81. The smallest absolute Gasteiger partial charge is 0.335 e. The number of rotatable bonds is 4. The summed E-state index contributed by atoms with van der Waals surface area (Å²) >= 11 is 0. The standard InChI is InChI=1S/C18H15NO2/c1-13(18(20)21)16-8-7-15-9-10-19(17(15)11-16)12-14-5-3-2-4-6-14/h2-11H,1,12H2,(H,20,21). The molecule has 3 rings (SSSR count). The quantitative estimate of drug-likeness (QED) is 0.737. The summed E-state index contributed by atoms with van der Waals surface area (Å²) in [5.74, 6) is -0.990. The van der Waals surface area contributed by atoms with Crippen molar-refractivity contribution in [2.24, 2.45) is 0 Å². The van der Waals surface area contributed by atoms with Gasteiger partial charge in [-0.05, 0) is 28.6 Å². The highest BCUT2D eigenvalue weighted by atomic mass is 16.4. The SMILES string of the molecule is C=C(C(=O)O)c1ccc2ccn(Cc3ccccc3)c2c1. The number of carboxylic acid groups (broad SMARTS) is 1. The van der Waals surface area contributed by atoms with Crippen molar-refractivity contribution < 1.29 is 9.90 Å². The van der Waals surface area contributed by atoms with Gasteiger partial charge in [0, 0.05) is 18.3 Å². The normalized spacial score (nSPS) is 10.7. The fourth-order valence-corrected chi connectivity index (χ4v) is 2.41. The van der Waals surface area contributed by atoms with E-state index < -0.39 is 5.97 Å². The van der Waals surface area contributed by atoms with Crippen molar-refractivity contribution >= 4 is 22.4 Å². The van der Waals surface area contributed by atoms with Gasteiger partial charge in [-0.2, -0.15) is 0 Å². The summed E-state index contributed by atoms with van der Waals surface area (Å²) in [4.78, 5) is 11.0. The molecule has 3 heteroatoms. The highest BCUT2D eigenvalue weighted by molar-refractivity contribution is 6.15. The van der Waals surface area contributed by atoms with Crippen molar-refractivity contribution in [1.82, 2.24) is 4.57 Å². The lowest BCUT2D eigenvalue weighted by Crippen LogP contribution is -2.00. The molecule has 0 unspecified atom stereocenters. The molecule has 0 fully saturated rings. The van der Waals surface area contributed by atoms with Crippen LogP contribution in [0.15, 0.2) is 67.4 Å². The van der Waals surface area contributed by atoms with Crippen molar-refractivity contribution in [2.45, 2.75) is 6.54 Å². The summed E-state index contributed by atoms with van der Waals surface area (Å²) in [5.41, 5.74) is 2.98. The zero-order valence-electron chi connectivity index (χ0n) is 11.5. The molecule has 0 saturated heterocycles. The molecule has 0 bridgehead atoms. The molecule has 1 heterocycles. The Morgan fingerprint density at radius 1 is 1.10 bits per heavy atom. The minimum atomic E-state index is -0.990. The summed E-state index contributed by atoms with van der Waals surface area (Å²) in [6.45, 7) is 4.38. The molecule has 0 aliphatic heterocycles. The van der Waals surface area contributed by atoms with Gasteiger partial charge in [0.1, 0.15) is 0 Å². The summed E-state index contributed by atoms with van der Waals surface area (Å²) in [6, 6.07) is 17.8. The number of carbonyl (C=O) groups is 1. The van der Waals surface area contributed by atoms with E-state index in [1.165, 1.54) is 5.56 Å². The van der Waals surface area contributed by atoms with Crippen LogP contribution in [-0.2, 0) is 11.3 Å². The minimum absolute atomic E-state index is 0.115. The Kier molecular flexibility index (Phi) is 3.32. The lowest BCUT2D eigenvalue weighted by atomic mass is 10.1. The van der Waals surface area contributed by atoms with E-state index in [9.17, 15) is 4.79 Å². The second kappa shape index (κ2) is 5.29. The molecular formula is C18H15NO2. The Bertz CT molecular complexity index is 816. The first-order valence-corrected chi connectivity index (χ1v) is 6.70. The second-order valence-electron chi connectivity index (χ2n) is 4.99. The molecule has 0 amide bonds. The number of hydrogen-bond acceptors (Lipinski definition) is 1. The summed E-state index contributed by atoms with van der Waals surface area (Å²) in [5, 5.41) is 10.1. The molecule has 0 saturated carbocycles. The van der Waals surface area contributed by atoms with Crippen molar-refractivity contribution in [1.29, 1.82) is 0 Å². The van der Waals surface area contributed by atoms with Crippen LogP contribution in [0.5, 0.6) is 0 Å². The van der Waals surface area contributed by atoms with Gasteiger partial charge in [0.2, 0.25) is 0 Å². The summed E-state index contributed by atoms with van der Waals surface area (Å²) < 4.78 is 2.11. The third-order valence-electron chi connectivity index (χ3n) is 3.58. The van der Waals surface area contributed by atoms with E-state index in [0.717, 1.165) is 17.4 Å². The van der Waals surface area contributed by atoms with E-state index in [4.69, 9.17) is 5.11 Å². The topological polar surface area (TPSA) is 42.2 Å². The van der Waals surface area contributed by atoms with Crippen LogP contribution in [-0.4, -0.2) is 15.6 Å². The molecule has 0 aliphatic rings. The Balaban J connectivity index is 2.02. The first kappa shape index (κ1) is 13.2. The van der Waals surface area contributed by atoms with Crippen LogP contribution in [0, 0.1) is 0 Å². The van der Waals surface area contributed by atoms with E-state index >= 15 is 0 Å². The Labute approximate surface area is 122 Å². The number of hydrogen-bond donors (Lipinski definition) is 1. The third-order valence-corrected chi connectivity index (χ3v) is 3.58. The van der Waals surface area contributed by atoms with Crippen LogP contribution < -0.4 is 0 Å². The molecule has 0 atom stereocenters. The number of benzene rings is 2. The average Bonchev–Trinajstić information content (AvgIpc) is 2.90. The average molecular weight is 277 g/mol. The van der Waals surface area contributed by atoms with Crippen molar-refractivity contribution in [2.75, 3.05) is 0 Å². The maximum Gasteiger partial charge on any atom is 0.335 e. The highest BCUT2D eigenvalue weighted by Gasteiger charge is 2.09. The number of nitrogens with zero attached hydrogens (tertiary/aromatic N) is 1. The van der Waals surface area contributed by atoms with Gasteiger partial charge in [-0.25, -0.2) is 4.79 Å². The molecule has 2 aromatic carbocycles. The van der Waals surface area contributed by atoms with E-state index in [0.29, 0.717) is 5.56 Å². The fraction of sp³-hybridized carbons (Fsp3) is 0.0556. The first-order chi connectivity index (χ1) is 10.1. The maximum absolute atomic E-state index is 11.0. The fourth-order valence-electron chi connectivity index (χ4n) is 2.41. The monoisotopic (exact) mass is 277 g/mol. The molecule has 1 aromatic heterocycles. The largest absolute Gasteiger partial charge is 0.478 e. The van der Waals surface area contributed by atoms with Crippen molar-refractivity contribution in [3.05, 3.63) is 78.5 Å². The van der Waals surface area contributed by atoms with Gasteiger partial charge in [-0.1, -0.05) is 49.0 Å². The molecule has 21 heavy (non-hydrogen) atoms. The van der Waals surface area contributed by atoms with Crippen molar-refractivity contribution in [3.8, 4) is 0 Å².